The van der Waals surface area contributed by atoms with E-state index in [1.807, 2.05) is 6.92 Å². The standard InChI is InChI=1S/C17H24N2O3S/c1-14-8-10-16(11-9-14)23(21,22)19(2)13-17(20)18-12-15-6-4-3-5-7-15/h6,8-11H,3-5,7,12-13H2,1-2H3,(H,18,20). The van der Waals surface area contributed by atoms with Gasteiger partial charge in [0.15, 0.2) is 0 Å². The van der Waals surface area contributed by atoms with Crippen molar-refractivity contribution >= 4 is 15.9 Å². The average molecular weight is 336 g/mol. The molecule has 0 spiro atoms. The van der Waals surface area contributed by atoms with Crippen LogP contribution in [0.1, 0.15) is 31.2 Å². The number of likely N-dealkylation sites (N-methyl/N-ethyl adjacent to an activating group) is 1. The summed E-state index contributed by atoms with van der Waals surface area (Å²) < 4.78 is 25.9. The Bertz CT molecular complexity index is 678. The fourth-order valence-electron chi connectivity index (χ4n) is 2.51. The van der Waals surface area contributed by atoms with E-state index in [4.69, 9.17) is 0 Å². The van der Waals surface area contributed by atoms with Gasteiger partial charge in [0, 0.05) is 13.6 Å². The molecule has 5 nitrogen and oxygen atoms in total. The van der Waals surface area contributed by atoms with E-state index in [2.05, 4.69) is 11.4 Å². The highest BCUT2D eigenvalue weighted by atomic mass is 32.2. The predicted molar refractivity (Wildman–Crippen MR) is 90.6 cm³/mol. The van der Waals surface area contributed by atoms with Gasteiger partial charge in [0.2, 0.25) is 15.9 Å². The van der Waals surface area contributed by atoms with E-state index >= 15 is 0 Å². The number of carbonyl (C=O) groups is 1. The summed E-state index contributed by atoms with van der Waals surface area (Å²) in [5.74, 6) is -0.283. The second kappa shape index (κ2) is 7.75. The summed E-state index contributed by atoms with van der Waals surface area (Å²) in [5, 5.41) is 2.80. The number of nitrogens with zero attached hydrogens (tertiary/aromatic N) is 1. The van der Waals surface area contributed by atoms with Gasteiger partial charge in [0.25, 0.3) is 0 Å². The van der Waals surface area contributed by atoms with Crippen LogP contribution in [0.2, 0.25) is 0 Å². The van der Waals surface area contributed by atoms with Crippen LogP contribution in [0, 0.1) is 6.92 Å². The molecule has 0 aliphatic heterocycles. The minimum Gasteiger partial charge on any atom is -0.351 e. The molecular formula is C17H24N2O3S. The summed E-state index contributed by atoms with van der Waals surface area (Å²) in [6, 6.07) is 6.62. The number of nitrogens with one attached hydrogen (secondary N) is 1. The maximum atomic E-state index is 12.4. The first-order valence-corrected chi connectivity index (χ1v) is 9.31. The van der Waals surface area contributed by atoms with E-state index in [9.17, 15) is 13.2 Å². The van der Waals surface area contributed by atoms with Gasteiger partial charge >= 0.3 is 0 Å². The highest BCUT2D eigenvalue weighted by Crippen LogP contribution is 2.17. The molecule has 1 N–H and O–H groups in total. The Labute approximate surface area is 138 Å². The number of sulfonamides is 1. The fourth-order valence-corrected chi connectivity index (χ4v) is 3.64. The fraction of sp³-hybridized carbons (Fsp3) is 0.471. The lowest BCUT2D eigenvalue weighted by atomic mass is 10.00. The maximum absolute atomic E-state index is 12.4. The first-order valence-electron chi connectivity index (χ1n) is 7.87. The predicted octanol–water partition coefficient (Wildman–Crippen LogP) is 2.23. The van der Waals surface area contributed by atoms with Crippen LogP contribution in [0.15, 0.2) is 40.8 Å². The Morgan fingerprint density at radius 3 is 2.52 bits per heavy atom. The van der Waals surface area contributed by atoms with Crippen LogP contribution in [0.4, 0.5) is 0 Å². The van der Waals surface area contributed by atoms with E-state index < -0.39 is 10.0 Å². The van der Waals surface area contributed by atoms with Crippen molar-refractivity contribution in [3.8, 4) is 0 Å². The lowest BCUT2D eigenvalue weighted by Gasteiger charge is -2.18. The first kappa shape index (κ1) is 17.7. The van der Waals surface area contributed by atoms with Crippen molar-refractivity contribution in [1.82, 2.24) is 9.62 Å². The Morgan fingerprint density at radius 1 is 1.22 bits per heavy atom. The molecule has 1 aromatic rings. The molecule has 23 heavy (non-hydrogen) atoms. The summed E-state index contributed by atoms with van der Waals surface area (Å²) in [5.41, 5.74) is 2.22. The molecule has 0 saturated heterocycles. The average Bonchev–Trinajstić information content (AvgIpc) is 2.54. The molecule has 0 fully saturated rings. The Morgan fingerprint density at radius 2 is 1.91 bits per heavy atom. The summed E-state index contributed by atoms with van der Waals surface area (Å²) >= 11 is 0. The zero-order valence-electron chi connectivity index (χ0n) is 13.7. The molecule has 0 aromatic heterocycles. The molecule has 0 heterocycles. The number of hydrogen-bond donors (Lipinski definition) is 1. The van der Waals surface area contributed by atoms with E-state index in [1.165, 1.54) is 19.0 Å². The molecule has 0 atom stereocenters. The SMILES string of the molecule is Cc1ccc(S(=O)(=O)N(C)CC(=O)NCC2=CCCCC2)cc1. The maximum Gasteiger partial charge on any atom is 0.243 e. The lowest BCUT2D eigenvalue weighted by Crippen LogP contribution is -2.39. The van der Waals surface area contributed by atoms with Gasteiger partial charge in [-0.15, -0.1) is 0 Å². The van der Waals surface area contributed by atoms with Crippen LogP contribution in [0.25, 0.3) is 0 Å². The number of aryl methyl sites for hydroxylation is 1. The third-order valence-corrected chi connectivity index (χ3v) is 5.81. The molecule has 0 bridgehead atoms. The van der Waals surface area contributed by atoms with Gasteiger partial charge in [-0.3, -0.25) is 4.79 Å². The number of hydrogen-bond acceptors (Lipinski definition) is 3. The van der Waals surface area contributed by atoms with Crippen molar-refractivity contribution in [1.29, 1.82) is 0 Å². The Hall–Kier alpha value is -1.66. The van der Waals surface area contributed by atoms with Crippen LogP contribution >= 0.6 is 0 Å². The van der Waals surface area contributed by atoms with Gasteiger partial charge in [-0.25, -0.2) is 8.42 Å². The van der Waals surface area contributed by atoms with Crippen LogP contribution in [-0.4, -0.2) is 38.8 Å². The molecule has 1 aromatic carbocycles. The zero-order valence-corrected chi connectivity index (χ0v) is 14.5. The van der Waals surface area contributed by atoms with Crippen LogP contribution in [0.3, 0.4) is 0 Å². The van der Waals surface area contributed by atoms with Crippen molar-refractivity contribution in [3.05, 3.63) is 41.5 Å². The number of benzene rings is 1. The highest BCUT2D eigenvalue weighted by Gasteiger charge is 2.22. The van der Waals surface area contributed by atoms with Gasteiger partial charge in [0.05, 0.1) is 11.4 Å². The van der Waals surface area contributed by atoms with Crippen molar-refractivity contribution in [2.24, 2.45) is 0 Å². The summed E-state index contributed by atoms with van der Waals surface area (Å²) in [4.78, 5) is 12.2. The molecule has 1 aliphatic rings. The molecule has 126 valence electrons. The van der Waals surface area contributed by atoms with E-state index in [0.717, 1.165) is 29.1 Å². The normalized spacial score (nSPS) is 15.3. The second-order valence-electron chi connectivity index (χ2n) is 5.96. The molecule has 6 heteroatoms. The smallest absolute Gasteiger partial charge is 0.243 e. The first-order chi connectivity index (χ1) is 10.9. The number of amides is 1. The summed E-state index contributed by atoms with van der Waals surface area (Å²) in [7, 11) is -2.21. The zero-order chi connectivity index (χ0) is 16.9. The van der Waals surface area contributed by atoms with Gasteiger partial charge in [0.1, 0.15) is 0 Å². The van der Waals surface area contributed by atoms with Crippen molar-refractivity contribution in [2.45, 2.75) is 37.5 Å². The molecule has 0 radical (unpaired) electrons. The molecule has 0 unspecified atom stereocenters. The summed E-state index contributed by atoms with van der Waals surface area (Å²) in [6.45, 7) is 2.23. The van der Waals surface area contributed by atoms with Gasteiger partial charge in [-0.1, -0.05) is 29.3 Å². The third kappa shape index (κ3) is 4.91. The minimum absolute atomic E-state index is 0.177. The van der Waals surface area contributed by atoms with E-state index in [0.29, 0.717) is 6.54 Å². The highest BCUT2D eigenvalue weighted by molar-refractivity contribution is 7.89. The van der Waals surface area contributed by atoms with Crippen LogP contribution < -0.4 is 5.32 Å². The number of rotatable bonds is 6. The molecule has 1 aliphatic carbocycles. The lowest BCUT2D eigenvalue weighted by molar-refractivity contribution is -0.120. The minimum atomic E-state index is -3.64. The topological polar surface area (TPSA) is 66.5 Å². The van der Waals surface area contributed by atoms with Crippen molar-refractivity contribution in [2.75, 3.05) is 20.1 Å². The van der Waals surface area contributed by atoms with Crippen LogP contribution in [0.5, 0.6) is 0 Å². The summed E-state index contributed by atoms with van der Waals surface area (Å²) in [6.07, 6.45) is 6.60. The quantitative estimate of drug-likeness (QED) is 0.810. The van der Waals surface area contributed by atoms with Crippen LogP contribution in [-0.2, 0) is 14.8 Å². The number of allylic oxidation sites excluding steroid dienone is 1. The van der Waals surface area contributed by atoms with Gasteiger partial charge in [-0.2, -0.15) is 4.31 Å². The largest absolute Gasteiger partial charge is 0.351 e. The monoisotopic (exact) mass is 336 g/mol. The molecule has 2 rings (SSSR count). The van der Waals surface area contributed by atoms with Crippen molar-refractivity contribution < 1.29 is 13.2 Å². The molecular weight excluding hydrogens is 312 g/mol. The van der Waals surface area contributed by atoms with Gasteiger partial charge in [-0.05, 0) is 44.7 Å². The van der Waals surface area contributed by atoms with Gasteiger partial charge < -0.3 is 5.32 Å². The van der Waals surface area contributed by atoms with Crippen molar-refractivity contribution in [3.63, 3.8) is 0 Å². The molecule has 0 saturated carbocycles. The number of carbonyl (C=O) groups excluding carboxylic acids is 1. The molecule has 1 amide bonds. The third-order valence-electron chi connectivity index (χ3n) is 3.99. The Kier molecular flexibility index (Phi) is 5.96. The Balaban J connectivity index is 1.91. The van der Waals surface area contributed by atoms with E-state index in [-0.39, 0.29) is 17.3 Å². The second-order valence-corrected chi connectivity index (χ2v) is 8.00. The van der Waals surface area contributed by atoms with E-state index in [1.54, 1.807) is 24.3 Å².